The summed E-state index contributed by atoms with van der Waals surface area (Å²) in [5.41, 5.74) is 1.56. The summed E-state index contributed by atoms with van der Waals surface area (Å²) in [6.07, 6.45) is 3.33. The molecule has 1 aliphatic carbocycles. The molecule has 0 bridgehead atoms. The Balaban J connectivity index is 1.47. The van der Waals surface area contributed by atoms with E-state index in [2.05, 4.69) is 16.4 Å². The first kappa shape index (κ1) is 14.1. The van der Waals surface area contributed by atoms with E-state index in [9.17, 15) is 9.90 Å². The molecule has 2 aliphatic rings. The second-order valence-electron chi connectivity index (χ2n) is 6.19. The molecule has 1 aliphatic heterocycles. The van der Waals surface area contributed by atoms with Gasteiger partial charge in [-0.05, 0) is 31.0 Å². The number of aromatic hydroxyl groups is 1. The van der Waals surface area contributed by atoms with Crippen molar-refractivity contribution in [3.8, 4) is 11.5 Å². The van der Waals surface area contributed by atoms with E-state index in [1.165, 1.54) is 0 Å². The van der Waals surface area contributed by atoms with Gasteiger partial charge in [0.25, 0.3) is 0 Å². The van der Waals surface area contributed by atoms with Gasteiger partial charge in [-0.2, -0.15) is 0 Å². The van der Waals surface area contributed by atoms with Crippen molar-refractivity contribution in [2.24, 2.45) is 5.92 Å². The summed E-state index contributed by atoms with van der Waals surface area (Å²) >= 11 is 0. The van der Waals surface area contributed by atoms with E-state index in [0.29, 0.717) is 12.3 Å². The Morgan fingerprint density at radius 2 is 2.22 bits per heavy atom. The van der Waals surface area contributed by atoms with Crippen LogP contribution in [0.3, 0.4) is 0 Å². The van der Waals surface area contributed by atoms with Crippen LogP contribution in [0.4, 0.5) is 0 Å². The molecule has 23 heavy (non-hydrogen) atoms. The van der Waals surface area contributed by atoms with Gasteiger partial charge in [0.15, 0.2) is 0 Å². The monoisotopic (exact) mass is 310 g/mol. The minimum absolute atomic E-state index is 0.0201. The van der Waals surface area contributed by atoms with Gasteiger partial charge in [0, 0.05) is 23.1 Å². The molecule has 1 aromatic carbocycles. The zero-order valence-electron chi connectivity index (χ0n) is 12.7. The maximum absolute atomic E-state index is 12.5. The molecule has 0 unspecified atom stereocenters. The standard InChI is InChI=1S/C18H18N2O3/c21-15-5-3-8-19-14(15)11-20-17(22)13-10-18(13)7-9-23-16-6-2-1-4-12(16)18/h1-6,8,13,21H,7,9-11H2,(H,20,22)/t13-,18+/m0/s1. The quantitative estimate of drug-likeness (QED) is 0.911. The number of hydrogen-bond acceptors (Lipinski definition) is 4. The zero-order valence-corrected chi connectivity index (χ0v) is 12.7. The second-order valence-corrected chi connectivity index (χ2v) is 6.19. The van der Waals surface area contributed by atoms with Crippen LogP contribution in [0.25, 0.3) is 0 Å². The van der Waals surface area contributed by atoms with E-state index in [1.807, 2.05) is 18.2 Å². The summed E-state index contributed by atoms with van der Waals surface area (Å²) in [5.74, 6) is 0.997. The van der Waals surface area contributed by atoms with Crippen molar-refractivity contribution in [3.63, 3.8) is 0 Å². The van der Waals surface area contributed by atoms with E-state index in [1.54, 1.807) is 18.3 Å². The third kappa shape index (κ3) is 2.32. The highest BCUT2D eigenvalue weighted by molar-refractivity contribution is 5.84. The highest BCUT2D eigenvalue weighted by Crippen LogP contribution is 2.60. The molecule has 5 nitrogen and oxygen atoms in total. The van der Waals surface area contributed by atoms with Crippen molar-refractivity contribution in [1.29, 1.82) is 0 Å². The minimum atomic E-state index is -0.0783. The van der Waals surface area contributed by atoms with Gasteiger partial charge in [-0.15, -0.1) is 0 Å². The Morgan fingerprint density at radius 1 is 1.35 bits per heavy atom. The number of carbonyl (C=O) groups excluding carboxylic acids is 1. The van der Waals surface area contributed by atoms with Crippen LogP contribution in [0.5, 0.6) is 11.5 Å². The van der Waals surface area contributed by atoms with E-state index >= 15 is 0 Å². The molecule has 2 N–H and O–H groups in total. The van der Waals surface area contributed by atoms with Gasteiger partial charge in [0.05, 0.1) is 13.2 Å². The smallest absolute Gasteiger partial charge is 0.224 e. The Bertz CT molecular complexity index is 761. The van der Waals surface area contributed by atoms with Crippen molar-refractivity contribution in [2.45, 2.75) is 24.8 Å². The van der Waals surface area contributed by atoms with Gasteiger partial charge in [0.2, 0.25) is 5.91 Å². The second kappa shape index (κ2) is 5.26. The van der Waals surface area contributed by atoms with Crippen LogP contribution in [0, 0.1) is 5.92 Å². The summed E-state index contributed by atoms with van der Waals surface area (Å²) in [6.45, 7) is 0.901. The van der Waals surface area contributed by atoms with Crippen LogP contribution in [0.15, 0.2) is 42.6 Å². The molecule has 0 radical (unpaired) electrons. The van der Waals surface area contributed by atoms with Gasteiger partial charge in [-0.1, -0.05) is 18.2 Å². The average Bonchev–Trinajstić information content (AvgIpc) is 3.29. The molecule has 4 rings (SSSR count). The van der Waals surface area contributed by atoms with E-state index in [4.69, 9.17) is 4.74 Å². The van der Waals surface area contributed by atoms with Crippen molar-refractivity contribution in [1.82, 2.24) is 10.3 Å². The molecule has 2 aromatic rings. The SMILES string of the molecule is O=C(NCc1ncccc1O)[C@@H]1C[C@@]12CCOc1ccccc12. The zero-order chi connectivity index (χ0) is 15.9. The Hall–Kier alpha value is -2.56. The lowest BCUT2D eigenvalue weighted by molar-refractivity contribution is -0.123. The van der Waals surface area contributed by atoms with Crippen molar-refractivity contribution >= 4 is 5.91 Å². The van der Waals surface area contributed by atoms with Crippen molar-refractivity contribution < 1.29 is 14.6 Å². The van der Waals surface area contributed by atoms with E-state index < -0.39 is 0 Å². The van der Waals surface area contributed by atoms with Gasteiger partial charge in [0.1, 0.15) is 17.2 Å². The number of para-hydroxylation sites is 1. The van der Waals surface area contributed by atoms with E-state index in [0.717, 1.165) is 24.2 Å². The number of nitrogens with one attached hydrogen (secondary N) is 1. The number of rotatable bonds is 3. The molecule has 1 aromatic heterocycles. The number of aromatic nitrogens is 1. The Kier molecular flexibility index (Phi) is 3.22. The number of pyridine rings is 1. The number of hydrogen-bond donors (Lipinski definition) is 2. The molecule has 0 saturated heterocycles. The number of fused-ring (bicyclic) bond motifs is 2. The van der Waals surface area contributed by atoms with Gasteiger partial charge >= 0.3 is 0 Å². The Morgan fingerprint density at radius 3 is 3.09 bits per heavy atom. The van der Waals surface area contributed by atoms with Crippen LogP contribution in [-0.2, 0) is 16.8 Å². The highest BCUT2D eigenvalue weighted by atomic mass is 16.5. The summed E-state index contributed by atoms with van der Waals surface area (Å²) < 4.78 is 5.70. The van der Waals surface area contributed by atoms with Crippen molar-refractivity contribution in [2.75, 3.05) is 6.61 Å². The van der Waals surface area contributed by atoms with E-state index in [-0.39, 0.29) is 29.5 Å². The largest absolute Gasteiger partial charge is 0.506 e. The maximum atomic E-state index is 12.5. The fourth-order valence-electron chi connectivity index (χ4n) is 3.56. The number of nitrogens with zero attached hydrogens (tertiary/aromatic N) is 1. The molecule has 1 spiro atoms. The topological polar surface area (TPSA) is 71.5 Å². The molecule has 1 fully saturated rings. The normalized spacial score (nSPS) is 24.6. The minimum Gasteiger partial charge on any atom is -0.506 e. The third-order valence-electron chi connectivity index (χ3n) is 4.92. The van der Waals surface area contributed by atoms with Crippen LogP contribution in [0.2, 0.25) is 0 Å². The molecule has 5 heteroatoms. The number of benzene rings is 1. The number of carbonyl (C=O) groups is 1. The van der Waals surface area contributed by atoms with Crippen LogP contribution in [-0.4, -0.2) is 22.6 Å². The average molecular weight is 310 g/mol. The predicted molar refractivity (Wildman–Crippen MR) is 84.1 cm³/mol. The molecule has 1 amide bonds. The summed E-state index contributed by atoms with van der Waals surface area (Å²) in [7, 11) is 0. The van der Waals surface area contributed by atoms with Crippen LogP contribution in [0.1, 0.15) is 24.1 Å². The highest BCUT2D eigenvalue weighted by Gasteiger charge is 2.60. The summed E-state index contributed by atoms with van der Waals surface area (Å²) in [4.78, 5) is 16.6. The maximum Gasteiger partial charge on any atom is 0.224 e. The third-order valence-corrected chi connectivity index (χ3v) is 4.92. The molecular formula is C18H18N2O3. The fourth-order valence-corrected chi connectivity index (χ4v) is 3.56. The molecular weight excluding hydrogens is 292 g/mol. The van der Waals surface area contributed by atoms with Gasteiger partial charge < -0.3 is 15.2 Å². The lowest BCUT2D eigenvalue weighted by atomic mass is 9.87. The lowest BCUT2D eigenvalue weighted by Crippen LogP contribution is -2.30. The molecule has 118 valence electrons. The molecule has 1 saturated carbocycles. The van der Waals surface area contributed by atoms with Crippen molar-refractivity contribution in [3.05, 3.63) is 53.9 Å². The first-order valence-corrected chi connectivity index (χ1v) is 7.83. The van der Waals surface area contributed by atoms with Crippen LogP contribution < -0.4 is 10.1 Å². The van der Waals surface area contributed by atoms with Gasteiger partial charge in [-0.3, -0.25) is 9.78 Å². The first-order chi connectivity index (χ1) is 11.2. The number of ether oxygens (including phenoxy) is 1. The first-order valence-electron chi connectivity index (χ1n) is 7.83. The number of amides is 1. The fraction of sp³-hybridized carbons (Fsp3) is 0.333. The Labute approximate surface area is 134 Å². The summed E-state index contributed by atoms with van der Waals surface area (Å²) in [6, 6.07) is 11.2. The summed E-state index contributed by atoms with van der Waals surface area (Å²) in [5, 5.41) is 12.6. The van der Waals surface area contributed by atoms with Gasteiger partial charge in [-0.25, -0.2) is 0 Å². The molecule has 2 heterocycles. The predicted octanol–water partition coefficient (Wildman–Crippen LogP) is 2.14. The lowest BCUT2D eigenvalue weighted by Gasteiger charge is -2.26. The van der Waals surface area contributed by atoms with Crippen LogP contribution >= 0.6 is 0 Å². The molecule has 2 atom stereocenters.